The van der Waals surface area contributed by atoms with E-state index in [2.05, 4.69) is 0 Å². The van der Waals surface area contributed by atoms with Gasteiger partial charge in [-0.25, -0.2) is 30.4 Å². The Kier molecular flexibility index (Phi) is 8.46. The first-order valence-corrected chi connectivity index (χ1v) is 16.5. The molecule has 246 valence electrons. The first kappa shape index (κ1) is 33.0. The number of hydrogen-bond acceptors (Lipinski definition) is 5. The molecule has 0 amide bonds. The van der Waals surface area contributed by atoms with Crippen molar-refractivity contribution in [2.45, 2.75) is 24.4 Å². The molecule has 0 aliphatic heterocycles. The van der Waals surface area contributed by atoms with E-state index in [1.807, 2.05) is 0 Å². The molecule has 0 saturated carbocycles. The molecule has 5 nitrogen and oxygen atoms in total. The van der Waals surface area contributed by atoms with Gasteiger partial charge in [0.25, 0.3) is 16.4 Å². The minimum absolute atomic E-state index is 0.106. The second-order valence-corrected chi connectivity index (χ2v) is 13.5. The summed E-state index contributed by atoms with van der Waals surface area (Å²) in [6.45, 7) is 1.74. The maximum atomic E-state index is 14.8. The van der Waals surface area contributed by atoms with Crippen LogP contribution in [0.5, 0.6) is 0 Å². The van der Waals surface area contributed by atoms with Crippen molar-refractivity contribution in [3.63, 3.8) is 0 Å². The lowest BCUT2D eigenvalue weighted by molar-refractivity contribution is -0.133. The Balaban J connectivity index is 1.70. The standard InChI is InChI=1S/C35H23F6NO4S2/c1-19-16-23(34(43)46-2)8-12-26(19)21-4-3-5-22(17-21)31-30(27-14-15-47-32(27)35(39,40)41)28-18-24(36)9-13-29(28)42(31)48(44,45)25-10-6-20(7-11-25)33(37)38/h3-18,33H,1-2H3. The molecule has 0 aliphatic rings. The van der Waals surface area contributed by atoms with Crippen LogP contribution in [0.15, 0.2) is 101 Å². The summed E-state index contributed by atoms with van der Waals surface area (Å²) < 4.78 is 119. The Morgan fingerprint density at radius 1 is 0.875 bits per heavy atom. The summed E-state index contributed by atoms with van der Waals surface area (Å²) >= 11 is 0.407. The van der Waals surface area contributed by atoms with Crippen molar-refractivity contribution in [3.05, 3.63) is 124 Å². The van der Waals surface area contributed by atoms with E-state index in [1.165, 1.54) is 24.6 Å². The Labute approximate surface area is 274 Å². The highest BCUT2D eigenvalue weighted by Crippen LogP contribution is 2.49. The zero-order valence-electron chi connectivity index (χ0n) is 25.0. The summed E-state index contributed by atoms with van der Waals surface area (Å²) in [5, 5.41) is 1.11. The third-order valence-electron chi connectivity index (χ3n) is 7.84. The number of benzene rings is 4. The van der Waals surface area contributed by atoms with E-state index in [0.29, 0.717) is 33.6 Å². The Morgan fingerprint density at radius 2 is 1.58 bits per heavy atom. The van der Waals surface area contributed by atoms with Gasteiger partial charge in [-0.2, -0.15) is 13.2 Å². The quantitative estimate of drug-likeness (QED) is 0.123. The van der Waals surface area contributed by atoms with Gasteiger partial charge in [-0.1, -0.05) is 36.4 Å². The molecule has 13 heteroatoms. The highest BCUT2D eigenvalue weighted by atomic mass is 32.2. The lowest BCUT2D eigenvalue weighted by atomic mass is 9.94. The number of esters is 1. The number of alkyl halides is 5. The topological polar surface area (TPSA) is 65.4 Å². The third-order valence-corrected chi connectivity index (χ3v) is 10.5. The molecule has 0 bridgehead atoms. The largest absolute Gasteiger partial charge is 0.465 e. The van der Waals surface area contributed by atoms with Crippen LogP contribution in [-0.2, 0) is 20.9 Å². The molecule has 0 aliphatic carbocycles. The second kappa shape index (κ2) is 12.3. The number of thiophene rings is 1. The van der Waals surface area contributed by atoms with Crippen molar-refractivity contribution in [3.8, 4) is 33.5 Å². The van der Waals surface area contributed by atoms with Gasteiger partial charge in [-0.05, 0) is 83.6 Å². The number of nitrogens with zero attached hydrogens (tertiary/aromatic N) is 1. The number of fused-ring (bicyclic) bond motifs is 1. The highest BCUT2D eigenvalue weighted by Gasteiger charge is 2.38. The minimum Gasteiger partial charge on any atom is -0.465 e. The average Bonchev–Trinajstić information content (AvgIpc) is 3.67. The van der Waals surface area contributed by atoms with E-state index in [1.54, 1.807) is 43.3 Å². The Morgan fingerprint density at radius 3 is 2.23 bits per heavy atom. The molecule has 2 heterocycles. The predicted octanol–water partition coefficient (Wildman–Crippen LogP) is 10.1. The fourth-order valence-corrected chi connectivity index (χ4v) is 8.02. The summed E-state index contributed by atoms with van der Waals surface area (Å²) in [6, 6.07) is 19.4. The number of ether oxygens (including phenoxy) is 1. The maximum Gasteiger partial charge on any atom is 0.426 e. The van der Waals surface area contributed by atoms with Crippen LogP contribution in [0.3, 0.4) is 0 Å². The third kappa shape index (κ3) is 5.77. The Hall–Kier alpha value is -4.88. The molecule has 0 radical (unpaired) electrons. The molecule has 0 unspecified atom stereocenters. The van der Waals surface area contributed by atoms with E-state index in [9.17, 15) is 39.6 Å². The van der Waals surface area contributed by atoms with Gasteiger partial charge < -0.3 is 4.74 Å². The fourth-order valence-electron chi connectivity index (χ4n) is 5.70. The predicted molar refractivity (Wildman–Crippen MR) is 171 cm³/mol. The zero-order chi connectivity index (χ0) is 34.5. The van der Waals surface area contributed by atoms with E-state index >= 15 is 0 Å². The van der Waals surface area contributed by atoms with Crippen LogP contribution < -0.4 is 0 Å². The van der Waals surface area contributed by atoms with Gasteiger partial charge in [0.05, 0.1) is 28.8 Å². The van der Waals surface area contributed by atoms with Crippen LogP contribution in [0.1, 0.15) is 32.8 Å². The number of carbonyl (C=O) groups excluding carboxylic acids is 1. The van der Waals surface area contributed by atoms with Gasteiger partial charge in [-0.3, -0.25) is 0 Å². The van der Waals surface area contributed by atoms with Crippen LogP contribution >= 0.6 is 11.3 Å². The van der Waals surface area contributed by atoms with Gasteiger partial charge in [0.2, 0.25) is 0 Å². The van der Waals surface area contributed by atoms with E-state index in [-0.39, 0.29) is 33.3 Å². The van der Waals surface area contributed by atoms with Gasteiger partial charge in [0.1, 0.15) is 10.7 Å². The smallest absolute Gasteiger partial charge is 0.426 e. The summed E-state index contributed by atoms with van der Waals surface area (Å²) in [6.07, 6.45) is -7.70. The van der Waals surface area contributed by atoms with Crippen molar-refractivity contribution < 1.29 is 44.3 Å². The van der Waals surface area contributed by atoms with Gasteiger partial charge in [0.15, 0.2) is 0 Å². The molecule has 0 saturated heterocycles. The number of rotatable bonds is 7. The van der Waals surface area contributed by atoms with Crippen molar-refractivity contribution >= 4 is 38.2 Å². The summed E-state index contributed by atoms with van der Waals surface area (Å²) in [4.78, 5) is 10.7. The van der Waals surface area contributed by atoms with Crippen molar-refractivity contribution in [1.29, 1.82) is 0 Å². The molecule has 48 heavy (non-hydrogen) atoms. The van der Waals surface area contributed by atoms with Crippen LogP contribution in [0.25, 0.3) is 44.4 Å². The number of carbonyl (C=O) groups is 1. The number of aryl methyl sites for hydroxylation is 1. The van der Waals surface area contributed by atoms with Crippen LogP contribution in [0, 0.1) is 12.7 Å². The molecule has 0 atom stereocenters. The first-order valence-electron chi connectivity index (χ1n) is 14.1. The SMILES string of the molecule is COC(=O)c1ccc(-c2cccc(-c3c(-c4ccsc4C(F)(F)F)c4cc(F)ccc4n3S(=O)(=O)c3ccc(C(F)F)cc3)c2)c(C)c1. The molecule has 6 rings (SSSR count). The van der Waals surface area contributed by atoms with Crippen LogP contribution in [-0.4, -0.2) is 25.5 Å². The molecule has 4 aromatic carbocycles. The Bertz CT molecular complexity index is 2310. The summed E-state index contributed by atoms with van der Waals surface area (Å²) in [5.41, 5.74) is 1.01. The summed E-state index contributed by atoms with van der Waals surface area (Å²) in [7, 11) is -3.46. The van der Waals surface area contributed by atoms with Crippen molar-refractivity contribution in [1.82, 2.24) is 3.97 Å². The fraction of sp³-hybridized carbons (Fsp3) is 0.114. The molecular formula is C35H23F6NO4S2. The lowest BCUT2D eigenvalue weighted by Crippen LogP contribution is -2.14. The van der Waals surface area contributed by atoms with Crippen molar-refractivity contribution in [2.24, 2.45) is 0 Å². The molecule has 0 spiro atoms. The molecule has 6 aromatic rings. The second-order valence-electron chi connectivity index (χ2n) is 10.8. The van der Waals surface area contributed by atoms with E-state index in [0.717, 1.165) is 46.4 Å². The normalized spacial score (nSPS) is 12.2. The highest BCUT2D eigenvalue weighted by molar-refractivity contribution is 7.90. The van der Waals surface area contributed by atoms with Gasteiger partial charge in [-0.15, -0.1) is 11.3 Å². The number of aromatic nitrogens is 1. The maximum absolute atomic E-state index is 14.8. The summed E-state index contributed by atoms with van der Waals surface area (Å²) in [5.74, 6) is -1.37. The molecule has 0 N–H and O–H groups in total. The van der Waals surface area contributed by atoms with Gasteiger partial charge in [0, 0.05) is 27.6 Å². The van der Waals surface area contributed by atoms with Crippen LogP contribution in [0.4, 0.5) is 26.3 Å². The molecule has 0 fully saturated rings. The van der Waals surface area contributed by atoms with Crippen LogP contribution in [0.2, 0.25) is 0 Å². The van der Waals surface area contributed by atoms with E-state index < -0.39 is 49.7 Å². The number of hydrogen-bond donors (Lipinski definition) is 0. The van der Waals surface area contributed by atoms with E-state index in [4.69, 9.17) is 4.74 Å². The van der Waals surface area contributed by atoms with Crippen molar-refractivity contribution in [2.75, 3.05) is 7.11 Å². The zero-order valence-corrected chi connectivity index (χ0v) is 26.6. The molecular weight excluding hydrogens is 677 g/mol. The molecule has 2 aromatic heterocycles. The minimum atomic E-state index is -4.83. The number of methoxy groups -OCH3 is 1. The average molecular weight is 700 g/mol. The number of halogens is 6. The lowest BCUT2D eigenvalue weighted by Gasteiger charge is -2.16. The van der Waals surface area contributed by atoms with Gasteiger partial charge >= 0.3 is 12.1 Å². The monoisotopic (exact) mass is 699 g/mol. The first-order chi connectivity index (χ1) is 22.7.